The minimum atomic E-state index is -0.0552. The normalized spacial score (nSPS) is 13.2. The van der Waals surface area contributed by atoms with Crippen molar-refractivity contribution in [2.45, 2.75) is 12.8 Å². The van der Waals surface area contributed by atoms with Crippen LogP contribution in [-0.2, 0) is 6.42 Å². The number of rotatable bonds is 2. The number of hydrogen-bond acceptors (Lipinski definition) is 2. The Hall–Kier alpha value is -1.56. The van der Waals surface area contributed by atoms with Crippen LogP contribution in [0.3, 0.4) is 0 Å². The third-order valence-corrected chi connectivity index (χ3v) is 4.06. The number of nitrogens with one attached hydrogen (secondary N) is 2. The predicted molar refractivity (Wildman–Crippen MR) is 90.4 cm³/mol. The zero-order chi connectivity index (χ0) is 13.9. The van der Waals surface area contributed by atoms with Crippen LogP contribution in [0.5, 0.6) is 0 Å². The molecule has 4 heteroatoms. The smallest absolute Gasteiger partial charge is 0.255 e. The Morgan fingerprint density at radius 3 is 2.95 bits per heavy atom. The summed E-state index contributed by atoms with van der Waals surface area (Å²) in [4.78, 5) is 12.3. The van der Waals surface area contributed by atoms with Crippen LogP contribution in [0, 0.1) is 3.57 Å². The molecule has 0 saturated carbocycles. The molecular weight excluding hydrogens is 363 g/mol. The van der Waals surface area contributed by atoms with Gasteiger partial charge in [-0.15, -0.1) is 0 Å². The quantitative estimate of drug-likeness (QED) is 0.779. The molecule has 1 heterocycles. The maximum absolute atomic E-state index is 12.3. The second-order valence-electron chi connectivity index (χ2n) is 4.87. The van der Waals surface area contributed by atoms with Gasteiger partial charge in [0.15, 0.2) is 0 Å². The summed E-state index contributed by atoms with van der Waals surface area (Å²) in [6.45, 7) is 1.01. The van der Waals surface area contributed by atoms with Crippen molar-refractivity contribution in [2.75, 3.05) is 17.2 Å². The Morgan fingerprint density at radius 1 is 1.20 bits per heavy atom. The molecule has 0 unspecified atom stereocenters. The van der Waals surface area contributed by atoms with E-state index in [9.17, 15) is 4.79 Å². The van der Waals surface area contributed by atoms with Gasteiger partial charge < -0.3 is 10.6 Å². The van der Waals surface area contributed by atoms with Gasteiger partial charge in [-0.2, -0.15) is 0 Å². The SMILES string of the molecule is O=C(Nc1cccc(I)c1)c1ccc2c(c1)CCCN2. The maximum Gasteiger partial charge on any atom is 0.255 e. The van der Waals surface area contributed by atoms with Gasteiger partial charge in [0.05, 0.1) is 0 Å². The number of benzene rings is 2. The molecule has 3 nitrogen and oxygen atoms in total. The Balaban J connectivity index is 1.80. The van der Waals surface area contributed by atoms with E-state index in [-0.39, 0.29) is 5.91 Å². The fourth-order valence-corrected chi connectivity index (χ4v) is 2.93. The molecule has 0 spiro atoms. The highest BCUT2D eigenvalue weighted by atomic mass is 127. The Labute approximate surface area is 131 Å². The predicted octanol–water partition coefficient (Wildman–Crippen LogP) is 3.90. The van der Waals surface area contributed by atoms with Crippen LogP contribution >= 0.6 is 22.6 Å². The highest BCUT2D eigenvalue weighted by Crippen LogP contribution is 2.23. The number of hydrogen-bond donors (Lipinski definition) is 2. The number of anilines is 2. The van der Waals surface area contributed by atoms with E-state index in [4.69, 9.17) is 0 Å². The van der Waals surface area contributed by atoms with Gasteiger partial charge >= 0.3 is 0 Å². The summed E-state index contributed by atoms with van der Waals surface area (Å²) in [7, 11) is 0. The summed E-state index contributed by atoms with van der Waals surface area (Å²) < 4.78 is 1.11. The van der Waals surface area contributed by atoms with Crippen LogP contribution in [0.2, 0.25) is 0 Å². The van der Waals surface area contributed by atoms with Gasteiger partial charge in [-0.3, -0.25) is 4.79 Å². The average Bonchev–Trinajstić information content (AvgIpc) is 2.47. The zero-order valence-electron chi connectivity index (χ0n) is 10.9. The van der Waals surface area contributed by atoms with Crippen LogP contribution in [-0.4, -0.2) is 12.5 Å². The molecule has 2 aromatic rings. The minimum Gasteiger partial charge on any atom is -0.385 e. The summed E-state index contributed by atoms with van der Waals surface area (Å²) in [5, 5.41) is 6.29. The fraction of sp³-hybridized carbons (Fsp3) is 0.188. The van der Waals surface area contributed by atoms with Crippen molar-refractivity contribution in [2.24, 2.45) is 0 Å². The largest absolute Gasteiger partial charge is 0.385 e. The van der Waals surface area contributed by atoms with E-state index in [2.05, 4.69) is 33.2 Å². The van der Waals surface area contributed by atoms with Crippen LogP contribution in [0.4, 0.5) is 11.4 Å². The van der Waals surface area contributed by atoms with Crippen LogP contribution in [0.1, 0.15) is 22.3 Å². The van der Waals surface area contributed by atoms with E-state index in [0.29, 0.717) is 5.56 Å². The lowest BCUT2D eigenvalue weighted by Gasteiger charge is -2.18. The molecule has 0 bridgehead atoms. The molecule has 20 heavy (non-hydrogen) atoms. The van der Waals surface area contributed by atoms with E-state index in [1.807, 2.05) is 42.5 Å². The van der Waals surface area contributed by atoms with Crippen molar-refractivity contribution < 1.29 is 4.79 Å². The van der Waals surface area contributed by atoms with Gasteiger partial charge in [-0.05, 0) is 77.4 Å². The highest BCUT2D eigenvalue weighted by Gasteiger charge is 2.12. The second-order valence-corrected chi connectivity index (χ2v) is 6.11. The molecule has 0 saturated heterocycles. The summed E-state index contributed by atoms with van der Waals surface area (Å²) in [5.41, 5.74) is 3.93. The molecule has 2 aromatic carbocycles. The van der Waals surface area contributed by atoms with Crippen LogP contribution in [0.25, 0.3) is 0 Å². The van der Waals surface area contributed by atoms with Crippen molar-refractivity contribution in [3.63, 3.8) is 0 Å². The highest BCUT2D eigenvalue weighted by molar-refractivity contribution is 14.1. The molecule has 1 aliphatic rings. The van der Waals surface area contributed by atoms with Gasteiger partial charge in [-0.25, -0.2) is 0 Å². The monoisotopic (exact) mass is 378 g/mol. The number of halogens is 1. The van der Waals surface area contributed by atoms with Crippen LogP contribution < -0.4 is 10.6 Å². The standard InChI is InChI=1S/C16H15IN2O/c17-13-4-1-5-14(10-13)19-16(20)12-6-7-15-11(9-12)3-2-8-18-15/h1,4-7,9-10,18H,2-3,8H2,(H,19,20). The molecule has 2 N–H and O–H groups in total. The van der Waals surface area contributed by atoms with E-state index < -0.39 is 0 Å². The number of aryl methyl sites for hydroxylation is 1. The van der Waals surface area contributed by atoms with Crippen molar-refractivity contribution in [1.29, 1.82) is 0 Å². The molecule has 102 valence electrons. The first-order valence-electron chi connectivity index (χ1n) is 6.66. The zero-order valence-corrected chi connectivity index (χ0v) is 13.1. The van der Waals surface area contributed by atoms with Crippen molar-refractivity contribution in [3.8, 4) is 0 Å². The molecule has 0 aliphatic carbocycles. The maximum atomic E-state index is 12.3. The Bertz CT molecular complexity index is 655. The summed E-state index contributed by atoms with van der Waals surface area (Å²) >= 11 is 2.24. The van der Waals surface area contributed by atoms with E-state index >= 15 is 0 Å². The lowest BCUT2D eigenvalue weighted by atomic mass is 10.0. The molecule has 3 rings (SSSR count). The molecule has 1 amide bonds. The van der Waals surface area contributed by atoms with E-state index in [0.717, 1.165) is 34.3 Å². The van der Waals surface area contributed by atoms with Gasteiger partial charge in [0.25, 0.3) is 5.91 Å². The van der Waals surface area contributed by atoms with Gasteiger partial charge in [0.2, 0.25) is 0 Å². The third kappa shape index (κ3) is 2.95. The number of carbonyl (C=O) groups excluding carboxylic acids is 1. The summed E-state index contributed by atoms with van der Waals surface area (Å²) in [5.74, 6) is -0.0552. The molecule has 0 aromatic heterocycles. The van der Waals surface area contributed by atoms with E-state index in [1.54, 1.807) is 0 Å². The Morgan fingerprint density at radius 2 is 2.10 bits per heavy atom. The first-order chi connectivity index (χ1) is 9.72. The third-order valence-electron chi connectivity index (χ3n) is 3.39. The molecule has 0 atom stereocenters. The summed E-state index contributed by atoms with van der Waals surface area (Å²) in [6.07, 6.45) is 2.15. The molecule has 0 fully saturated rings. The van der Waals surface area contributed by atoms with Crippen LogP contribution in [0.15, 0.2) is 42.5 Å². The van der Waals surface area contributed by atoms with E-state index in [1.165, 1.54) is 5.56 Å². The van der Waals surface area contributed by atoms with Gasteiger partial charge in [0.1, 0.15) is 0 Å². The summed E-state index contributed by atoms with van der Waals surface area (Å²) in [6, 6.07) is 13.7. The number of fused-ring (bicyclic) bond motifs is 1. The molecular formula is C16H15IN2O. The first kappa shape index (κ1) is 13.4. The van der Waals surface area contributed by atoms with Gasteiger partial charge in [0, 0.05) is 27.1 Å². The van der Waals surface area contributed by atoms with Crippen molar-refractivity contribution in [1.82, 2.24) is 0 Å². The number of amides is 1. The average molecular weight is 378 g/mol. The lowest BCUT2D eigenvalue weighted by Crippen LogP contribution is -2.15. The minimum absolute atomic E-state index is 0.0552. The first-order valence-corrected chi connectivity index (χ1v) is 7.74. The van der Waals surface area contributed by atoms with Crippen molar-refractivity contribution in [3.05, 3.63) is 57.2 Å². The second kappa shape index (κ2) is 5.83. The Kier molecular flexibility index (Phi) is 3.91. The fourth-order valence-electron chi connectivity index (χ4n) is 2.39. The number of carbonyl (C=O) groups is 1. The lowest BCUT2D eigenvalue weighted by molar-refractivity contribution is 0.102. The molecule has 1 aliphatic heterocycles. The molecule has 0 radical (unpaired) electrons. The van der Waals surface area contributed by atoms with Crippen molar-refractivity contribution >= 4 is 39.9 Å². The topological polar surface area (TPSA) is 41.1 Å². The van der Waals surface area contributed by atoms with Gasteiger partial charge in [-0.1, -0.05) is 6.07 Å².